The van der Waals surface area contributed by atoms with Gasteiger partial charge in [-0.1, -0.05) is 66.4 Å². The number of benzene rings is 2. The van der Waals surface area contributed by atoms with E-state index in [1.807, 2.05) is 60.7 Å². The van der Waals surface area contributed by atoms with Gasteiger partial charge in [0, 0.05) is 0 Å². The minimum absolute atomic E-state index is 0.0494. The Labute approximate surface area is 144 Å². The number of thioether (sulfide) groups is 1. The van der Waals surface area contributed by atoms with Crippen molar-refractivity contribution in [2.45, 2.75) is 6.54 Å². The van der Waals surface area contributed by atoms with Crippen LogP contribution in [0.3, 0.4) is 0 Å². The summed E-state index contributed by atoms with van der Waals surface area (Å²) in [6, 6.07) is 17.5. The van der Waals surface area contributed by atoms with Crippen LogP contribution >= 0.6 is 24.0 Å². The minimum atomic E-state index is -0.0494. The Morgan fingerprint density at radius 1 is 1.17 bits per heavy atom. The predicted octanol–water partition coefficient (Wildman–Crippen LogP) is 4.10. The lowest BCUT2D eigenvalue weighted by Crippen LogP contribution is -2.27. The molecular formula is C18H15NO2S2. The summed E-state index contributed by atoms with van der Waals surface area (Å²) >= 11 is 6.70. The highest BCUT2D eigenvalue weighted by atomic mass is 32.2. The first-order chi connectivity index (χ1) is 11.2. The monoisotopic (exact) mass is 341 g/mol. The Kier molecular flexibility index (Phi) is 4.79. The molecular weight excluding hydrogens is 326 g/mol. The molecule has 1 heterocycles. The van der Waals surface area contributed by atoms with E-state index in [1.54, 1.807) is 12.0 Å². The average Bonchev–Trinajstić information content (AvgIpc) is 2.83. The van der Waals surface area contributed by atoms with Crippen LogP contribution in [0.5, 0.6) is 5.75 Å². The van der Waals surface area contributed by atoms with Gasteiger partial charge in [-0.3, -0.25) is 9.69 Å². The normalized spacial score (nSPS) is 16.2. The third-order valence-electron chi connectivity index (χ3n) is 3.45. The van der Waals surface area contributed by atoms with Gasteiger partial charge in [-0.25, -0.2) is 0 Å². The molecule has 0 unspecified atom stereocenters. The molecule has 1 amide bonds. The number of ether oxygens (including phenoxy) is 1. The molecule has 1 fully saturated rings. The quantitative estimate of drug-likeness (QED) is 0.619. The number of hydrogen-bond donors (Lipinski definition) is 0. The molecule has 0 bridgehead atoms. The van der Waals surface area contributed by atoms with Crippen molar-refractivity contribution in [3.63, 3.8) is 0 Å². The van der Waals surface area contributed by atoms with Crippen LogP contribution in [0.15, 0.2) is 59.5 Å². The first-order valence-electron chi connectivity index (χ1n) is 7.11. The van der Waals surface area contributed by atoms with Crippen LogP contribution in [-0.4, -0.2) is 22.2 Å². The van der Waals surface area contributed by atoms with Crippen LogP contribution in [0.25, 0.3) is 6.08 Å². The summed E-state index contributed by atoms with van der Waals surface area (Å²) in [5, 5.41) is 0. The van der Waals surface area contributed by atoms with Crippen LogP contribution in [0.4, 0.5) is 0 Å². The van der Waals surface area contributed by atoms with Gasteiger partial charge in [0.05, 0.1) is 18.6 Å². The van der Waals surface area contributed by atoms with Crippen molar-refractivity contribution in [3.05, 3.63) is 70.6 Å². The summed E-state index contributed by atoms with van der Waals surface area (Å²) in [6.07, 6.45) is 1.85. The van der Waals surface area contributed by atoms with E-state index in [4.69, 9.17) is 17.0 Å². The molecule has 5 heteroatoms. The van der Waals surface area contributed by atoms with Gasteiger partial charge in [0.2, 0.25) is 0 Å². The SMILES string of the molecule is COc1cccc(/C=C2\SC(=S)N(Cc3ccccc3)C2=O)c1. The van der Waals surface area contributed by atoms with Crippen LogP contribution < -0.4 is 4.74 Å². The van der Waals surface area contributed by atoms with E-state index < -0.39 is 0 Å². The Morgan fingerprint density at radius 2 is 1.96 bits per heavy atom. The van der Waals surface area contributed by atoms with E-state index >= 15 is 0 Å². The van der Waals surface area contributed by atoms with Crippen LogP contribution in [-0.2, 0) is 11.3 Å². The fourth-order valence-corrected chi connectivity index (χ4v) is 3.54. The zero-order valence-electron chi connectivity index (χ0n) is 12.6. The molecule has 0 radical (unpaired) electrons. The maximum absolute atomic E-state index is 12.6. The number of nitrogens with zero attached hydrogens (tertiary/aromatic N) is 1. The van der Waals surface area contributed by atoms with E-state index in [2.05, 4.69) is 0 Å². The molecule has 3 nitrogen and oxygen atoms in total. The zero-order chi connectivity index (χ0) is 16.2. The Hall–Kier alpha value is -2.11. The molecule has 2 aromatic rings. The second kappa shape index (κ2) is 6.98. The summed E-state index contributed by atoms with van der Waals surface area (Å²) in [4.78, 5) is 14.9. The maximum Gasteiger partial charge on any atom is 0.266 e. The molecule has 23 heavy (non-hydrogen) atoms. The number of rotatable bonds is 4. The topological polar surface area (TPSA) is 29.5 Å². The predicted molar refractivity (Wildman–Crippen MR) is 98.2 cm³/mol. The molecule has 0 saturated carbocycles. The van der Waals surface area contributed by atoms with E-state index in [-0.39, 0.29) is 5.91 Å². The molecule has 0 spiro atoms. The summed E-state index contributed by atoms with van der Waals surface area (Å²) < 4.78 is 5.80. The summed E-state index contributed by atoms with van der Waals surface area (Å²) in [5.41, 5.74) is 1.98. The largest absolute Gasteiger partial charge is 0.497 e. The van der Waals surface area contributed by atoms with Crippen LogP contribution in [0.2, 0.25) is 0 Å². The van der Waals surface area contributed by atoms with Gasteiger partial charge in [-0.15, -0.1) is 0 Å². The van der Waals surface area contributed by atoms with Gasteiger partial charge in [-0.2, -0.15) is 0 Å². The van der Waals surface area contributed by atoms with Gasteiger partial charge in [0.25, 0.3) is 5.91 Å². The van der Waals surface area contributed by atoms with Crippen LogP contribution in [0, 0.1) is 0 Å². The van der Waals surface area contributed by atoms with Crippen molar-refractivity contribution in [2.24, 2.45) is 0 Å². The van der Waals surface area contributed by atoms with Crippen molar-refractivity contribution in [1.29, 1.82) is 0 Å². The number of carbonyl (C=O) groups is 1. The molecule has 0 atom stereocenters. The second-order valence-corrected chi connectivity index (χ2v) is 6.71. The zero-order valence-corrected chi connectivity index (χ0v) is 14.2. The molecule has 0 aromatic heterocycles. The Bertz CT molecular complexity index is 772. The average molecular weight is 341 g/mol. The maximum atomic E-state index is 12.6. The third kappa shape index (κ3) is 3.63. The minimum Gasteiger partial charge on any atom is -0.497 e. The van der Waals surface area contributed by atoms with Gasteiger partial charge in [0.1, 0.15) is 10.1 Å². The molecule has 3 rings (SSSR count). The van der Waals surface area contributed by atoms with Gasteiger partial charge >= 0.3 is 0 Å². The lowest BCUT2D eigenvalue weighted by molar-refractivity contribution is -0.122. The Balaban J connectivity index is 1.81. The highest BCUT2D eigenvalue weighted by Gasteiger charge is 2.31. The van der Waals surface area contributed by atoms with Crippen molar-refractivity contribution < 1.29 is 9.53 Å². The standard InChI is InChI=1S/C18H15NO2S2/c1-21-15-9-5-8-14(10-15)11-16-17(20)19(18(22)23-16)12-13-6-3-2-4-7-13/h2-11H,12H2,1H3/b16-11-. The van der Waals surface area contributed by atoms with Crippen molar-refractivity contribution in [3.8, 4) is 5.75 Å². The van der Waals surface area contributed by atoms with E-state index in [0.29, 0.717) is 15.8 Å². The van der Waals surface area contributed by atoms with Crippen molar-refractivity contribution >= 4 is 40.3 Å². The highest BCUT2D eigenvalue weighted by molar-refractivity contribution is 8.26. The summed E-state index contributed by atoms with van der Waals surface area (Å²) in [5.74, 6) is 0.713. The molecule has 1 aliphatic rings. The number of hydrogen-bond acceptors (Lipinski definition) is 4. The van der Waals surface area contributed by atoms with Gasteiger partial charge in [0.15, 0.2) is 0 Å². The van der Waals surface area contributed by atoms with Crippen molar-refractivity contribution in [1.82, 2.24) is 4.90 Å². The molecule has 2 aromatic carbocycles. The number of amides is 1. The highest BCUT2D eigenvalue weighted by Crippen LogP contribution is 2.33. The fraction of sp³-hybridized carbons (Fsp3) is 0.111. The van der Waals surface area contributed by atoms with E-state index in [9.17, 15) is 4.79 Å². The van der Waals surface area contributed by atoms with Gasteiger partial charge < -0.3 is 4.74 Å². The van der Waals surface area contributed by atoms with Crippen molar-refractivity contribution in [2.75, 3.05) is 7.11 Å². The lowest BCUT2D eigenvalue weighted by atomic mass is 10.2. The van der Waals surface area contributed by atoms with E-state index in [1.165, 1.54) is 11.8 Å². The van der Waals surface area contributed by atoms with Crippen LogP contribution in [0.1, 0.15) is 11.1 Å². The number of thiocarbonyl (C=S) groups is 1. The van der Waals surface area contributed by atoms with E-state index in [0.717, 1.165) is 16.9 Å². The summed E-state index contributed by atoms with van der Waals surface area (Å²) in [7, 11) is 1.62. The fourth-order valence-electron chi connectivity index (χ4n) is 2.28. The first kappa shape index (κ1) is 15.8. The molecule has 1 saturated heterocycles. The lowest BCUT2D eigenvalue weighted by Gasteiger charge is -2.14. The van der Waals surface area contributed by atoms with Gasteiger partial charge in [-0.05, 0) is 29.3 Å². The first-order valence-corrected chi connectivity index (χ1v) is 8.33. The summed E-state index contributed by atoms with van der Waals surface area (Å²) in [6.45, 7) is 0.501. The molecule has 0 aliphatic carbocycles. The second-order valence-electron chi connectivity index (χ2n) is 5.03. The smallest absolute Gasteiger partial charge is 0.266 e. The Morgan fingerprint density at radius 3 is 2.70 bits per heavy atom. The molecule has 116 valence electrons. The molecule has 0 N–H and O–H groups in total. The number of methoxy groups -OCH3 is 1. The number of carbonyl (C=O) groups excluding carboxylic acids is 1. The third-order valence-corrected chi connectivity index (χ3v) is 4.83. The molecule has 1 aliphatic heterocycles.